The molecule has 2 fully saturated rings. The molecule has 2 aliphatic rings. The highest BCUT2D eigenvalue weighted by molar-refractivity contribution is 5.81. The predicted molar refractivity (Wildman–Crippen MR) is 197 cm³/mol. The van der Waals surface area contributed by atoms with E-state index in [4.69, 9.17) is 0 Å². The smallest absolute Gasteiger partial charge is 0.253 e. The second kappa shape index (κ2) is 15.3. The van der Waals surface area contributed by atoms with Gasteiger partial charge in [0.15, 0.2) is 6.10 Å². The van der Waals surface area contributed by atoms with Crippen molar-refractivity contribution in [1.82, 2.24) is 25.1 Å². The molecule has 8 heteroatoms. The van der Waals surface area contributed by atoms with Gasteiger partial charge in [0.2, 0.25) is 0 Å². The van der Waals surface area contributed by atoms with Crippen molar-refractivity contribution in [3.8, 4) is 0 Å². The van der Waals surface area contributed by atoms with Gasteiger partial charge in [0, 0.05) is 67.8 Å². The Bertz CT molecular complexity index is 1680. The fourth-order valence-corrected chi connectivity index (χ4v) is 7.55. The lowest BCUT2D eigenvalue weighted by atomic mass is 9.85. The van der Waals surface area contributed by atoms with E-state index in [2.05, 4.69) is 98.1 Å². The Labute approximate surface area is 291 Å². The second-order valence-electron chi connectivity index (χ2n) is 13.9. The van der Waals surface area contributed by atoms with Gasteiger partial charge in [-0.1, -0.05) is 79.4 Å². The van der Waals surface area contributed by atoms with E-state index in [1.807, 2.05) is 32.0 Å². The minimum Gasteiger partial charge on any atom is -0.378 e. The normalized spacial score (nSPS) is 17.3. The van der Waals surface area contributed by atoms with Crippen LogP contribution in [0.25, 0.3) is 5.70 Å². The lowest BCUT2D eigenvalue weighted by Crippen LogP contribution is -2.57. The Kier molecular flexibility index (Phi) is 10.8. The highest BCUT2D eigenvalue weighted by atomic mass is 16.3. The quantitative estimate of drug-likeness (QED) is 0.192. The van der Waals surface area contributed by atoms with Crippen LogP contribution >= 0.6 is 0 Å². The fraction of sp³-hybridized carbons (Fsp3) is 0.390. The Hall–Kier alpha value is -4.53. The van der Waals surface area contributed by atoms with Crippen LogP contribution in [0.1, 0.15) is 72.4 Å². The van der Waals surface area contributed by atoms with Crippen molar-refractivity contribution in [3.05, 3.63) is 131 Å². The summed E-state index contributed by atoms with van der Waals surface area (Å²) in [6.07, 6.45) is 4.88. The zero-order chi connectivity index (χ0) is 34.4. The van der Waals surface area contributed by atoms with Crippen LogP contribution < -0.4 is 10.2 Å². The van der Waals surface area contributed by atoms with Gasteiger partial charge in [-0.2, -0.15) is 0 Å². The first-order valence-corrected chi connectivity index (χ1v) is 17.6. The van der Waals surface area contributed by atoms with Crippen LogP contribution in [0.4, 0.5) is 5.69 Å². The monoisotopic (exact) mass is 658 g/mol. The summed E-state index contributed by atoms with van der Waals surface area (Å²) in [6.45, 7) is 16.3. The van der Waals surface area contributed by atoms with Gasteiger partial charge in [0.1, 0.15) is 6.33 Å². The summed E-state index contributed by atoms with van der Waals surface area (Å²) in [5, 5.41) is 13.3. The number of nitrogens with one attached hydrogen (secondary N) is 1. The maximum Gasteiger partial charge on any atom is 0.253 e. The van der Waals surface area contributed by atoms with Gasteiger partial charge < -0.3 is 20.2 Å². The first kappa shape index (κ1) is 34.3. The van der Waals surface area contributed by atoms with Gasteiger partial charge in [-0.05, 0) is 75.3 Å². The molecule has 49 heavy (non-hydrogen) atoms. The number of aliphatic hydroxyl groups excluding tert-OH is 1. The molecule has 256 valence electrons. The van der Waals surface area contributed by atoms with Gasteiger partial charge in [-0.3, -0.25) is 9.69 Å². The van der Waals surface area contributed by atoms with E-state index in [0.717, 1.165) is 86.6 Å². The van der Waals surface area contributed by atoms with Crippen molar-refractivity contribution in [2.75, 3.05) is 31.1 Å². The molecule has 1 amide bonds. The van der Waals surface area contributed by atoms with Crippen molar-refractivity contribution < 1.29 is 9.90 Å². The van der Waals surface area contributed by atoms with Crippen molar-refractivity contribution >= 4 is 17.3 Å². The number of benzene rings is 3. The predicted octanol–water partition coefficient (Wildman–Crippen LogP) is 6.44. The third kappa shape index (κ3) is 8.03. The molecule has 0 bridgehead atoms. The van der Waals surface area contributed by atoms with Gasteiger partial charge in [-0.25, -0.2) is 9.97 Å². The summed E-state index contributed by atoms with van der Waals surface area (Å²) in [5.41, 5.74) is 8.37. The molecule has 2 aliphatic heterocycles. The summed E-state index contributed by atoms with van der Waals surface area (Å²) in [5.74, 6) is -0.395. The number of rotatable bonds is 11. The summed E-state index contributed by atoms with van der Waals surface area (Å²) >= 11 is 0. The van der Waals surface area contributed by atoms with Crippen molar-refractivity contribution in [2.24, 2.45) is 0 Å². The molecule has 6 rings (SSSR count). The maximum atomic E-state index is 12.6. The number of aryl methyl sites for hydroxylation is 2. The minimum absolute atomic E-state index is 0.170. The van der Waals surface area contributed by atoms with Crippen LogP contribution in [0.15, 0.2) is 97.8 Å². The second-order valence-corrected chi connectivity index (χ2v) is 13.9. The van der Waals surface area contributed by atoms with E-state index in [1.165, 1.54) is 11.3 Å². The van der Waals surface area contributed by atoms with E-state index < -0.39 is 12.0 Å². The molecule has 0 spiro atoms. The summed E-state index contributed by atoms with van der Waals surface area (Å²) in [6, 6.07) is 28.7. The molecule has 0 saturated carbocycles. The summed E-state index contributed by atoms with van der Waals surface area (Å²) < 4.78 is 0. The van der Waals surface area contributed by atoms with E-state index in [0.29, 0.717) is 18.2 Å². The molecular weight excluding hydrogens is 608 g/mol. The van der Waals surface area contributed by atoms with E-state index in [1.54, 1.807) is 18.5 Å². The number of anilines is 1. The molecule has 1 aromatic heterocycles. The molecule has 0 aliphatic carbocycles. The van der Waals surface area contributed by atoms with Crippen LogP contribution in [0.2, 0.25) is 0 Å². The number of aliphatic hydroxyl groups is 1. The van der Waals surface area contributed by atoms with E-state index in [9.17, 15) is 9.90 Å². The number of aromatic nitrogens is 2. The number of hydrogen-bond donors (Lipinski definition) is 2. The molecule has 8 nitrogen and oxygen atoms in total. The fourth-order valence-electron chi connectivity index (χ4n) is 7.55. The number of piperidine rings is 2. The summed E-state index contributed by atoms with van der Waals surface area (Å²) in [4.78, 5) is 29.2. The first-order valence-electron chi connectivity index (χ1n) is 17.6. The van der Waals surface area contributed by atoms with Crippen LogP contribution in [0, 0.1) is 13.8 Å². The molecule has 0 radical (unpaired) electrons. The number of nitrogens with zero attached hydrogens (tertiary/aromatic N) is 5. The average Bonchev–Trinajstić information content (AvgIpc) is 3.14. The SMILES string of the molecule is C=C(c1c(C)ncnc1C)N1CCC(C)(N2CCC(N(Cc3ccccc3)c3ccc(CNC(=O)[C@@H](O)c4ccccc4)cc3)CC2)CC1. The molecular formula is C41H50N6O2. The van der Waals surface area contributed by atoms with Gasteiger partial charge in [-0.15, -0.1) is 0 Å². The van der Waals surface area contributed by atoms with Crippen LogP contribution in [-0.4, -0.2) is 68.5 Å². The average molecular weight is 659 g/mol. The highest BCUT2D eigenvalue weighted by Crippen LogP contribution is 2.36. The van der Waals surface area contributed by atoms with Gasteiger partial charge in [0.25, 0.3) is 5.91 Å². The van der Waals surface area contributed by atoms with Gasteiger partial charge in [0.05, 0.1) is 11.4 Å². The third-order valence-electron chi connectivity index (χ3n) is 10.7. The number of carbonyl (C=O) groups excluding carboxylic acids is 1. The van der Waals surface area contributed by atoms with E-state index in [-0.39, 0.29) is 5.54 Å². The van der Waals surface area contributed by atoms with Crippen LogP contribution in [-0.2, 0) is 17.9 Å². The van der Waals surface area contributed by atoms with Crippen molar-refractivity contribution in [3.63, 3.8) is 0 Å². The van der Waals surface area contributed by atoms with Crippen molar-refractivity contribution in [2.45, 2.75) is 77.2 Å². The Morgan fingerprint density at radius 2 is 1.49 bits per heavy atom. The number of carbonyl (C=O) groups is 1. The van der Waals surface area contributed by atoms with E-state index >= 15 is 0 Å². The highest BCUT2D eigenvalue weighted by Gasteiger charge is 2.39. The van der Waals surface area contributed by atoms with Crippen LogP contribution in [0.5, 0.6) is 0 Å². The Morgan fingerprint density at radius 3 is 2.10 bits per heavy atom. The minimum atomic E-state index is -1.18. The molecule has 4 aromatic rings. The molecule has 0 unspecified atom stereocenters. The first-order chi connectivity index (χ1) is 23.7. The molecule has 2 N–H and O–H groups in total. The maximum absolute atomic E-state index is 12.6. The number of likely N-dealkylation sites (tertiary alicyclic amines) is 2. The lowest BCUT2D eigenvalue weighted by molar-refractivity contribution is -0.129. The Morgan fingerprint density at radius 1 is 0.898 bits per heavy atom. The summed E-state index contributed by atoms with van der Waals surface area (Å²) in [7, 11) is 0. The number of hydrogen-bond acceptors (Lipinski definition) is 7. The van der Waals surface area contributed by atoms with Crippen molar-refractivity contribution in [1.29, 1.82) is 0 Å². The molecule has 1 atom stereocenters. The standard InChI is InChI=1S/C41H50N6O2/c1-30-38(31(2)44-29-43-30)32(3)45-25-21-41(4,22-26-45)46-23-19-37(20-24-46)47(28-34-11-7-5-8-12-34)36-17-15-33(16-18-36)27-42-40(49)39(48)35-13-9-6-10-14-35/h5-18,29,37,39,48H,3,19-28H2,1-2,4H3,(H,42,49)/t39-/m0/s1. The third-order valence-corrected chi connectivity index (χ3v) is 10.7. The lowest BCUT2D eigenvalue weighted by Gasteiger charge is -2.51. The largest absolute Gasteiger partial charge is 0.378 e. The molecule has 3 heterocycles. The zero-order valence-corrected chi connectivity index (χ0v) is 29.2. The van der Waals surface area contributed by atoms with Crippen LogP contribution in [0.3, 0.4) is 0 Å². The van der Waals surface area contributed by atoms with Gasteiger partial charge >= 0.3 is 0 Å². The molecule has 2 saturated heterocycles. The number of amides is 1. The zero-order valence-electron chi connectivity index (χ0n) is 29.2. The Balaban J connectivity index is 1.07. The molecule has 3 aromatic carbocycles. The topological polar surface area (TPSA) is 84.8 Å².